The Morgan fingerprint density at radius 2 is 2.50 bits per heavy atom. The molecule has 0 radical (unpaired) electrons. The summed E-state index contributed by atoms with van der Waals surface area (Å²) in [4.78, 5) is 2.93. The molecule has 0 saturated heterocycles. The SMILES string of the molecule is Bc1cc[nH]c1. The number of H-pyrrole nitrogens is 1. The predicted octanol–water partition coefficient (Wildman–Crippen LogP) is -0.727. The van der Waals surface area contributed by atoms with Crippen LogP contribution in [0.15, 0.2) is 18.5 Å². The third-order valence-corrected chi connectivity index (χ3v) is 0.753. The minimum absolute atomic E-state index is 1.29. The van der Waals surface area contributed by atoms with E-state index in [1.807, 2.05) is 18.5 Å². The van der Waals surface area contributed by atoms with E-state index in [2.05, 4.69) is 12.8 Å². The van der Waals surface area contributed by atoms with Gasteiger partial charge in [-0.15, -0.1) is 0 Å². The first kappa shape index (κ1) is 3.53. The van der Waals surface area contributed by atoms with Gasteiger partial charge in [0.25, 0.3) is 0 Å². The van der Waals surface area contributed by atoms with Gasteiger partial charge in [0.15, 0.2) is 0 Å². The van der Waals surface area contributed by atoms with E-state index in [0.29, 0.717) is 0 Å². The molecule has 1 nitrogen and oxygen atoms in total. The molecule has 2 heteroatoms. The molecule has 6 heavy (non-hydrogen) atoms. The third kappa shape index (κ3) is 0.457. The number of hydrogen-bond acceptors (Lipinski definition) is 0. The van der Waals surface area contributed by atoms with Gasteiger partial charge in [0.05, 0.1) is 0 Å². The fourth-order valence-electron chi connectivity index (χ4n) is 0.407. The van der Waals surface area contributed by atoms with E-state index in [-0.39, 0.29) is 0 Å². The lowest BCUT2D eigenvalue weighted by Crippen LogP contribution is -1.92. The van der Waals surface area contributed by atoms with Crippen molar-refractivity contribution in [1.29, 1.82) is 0 Å². The second-order valence-corrected chi connectivity index (χ2v) is 1.39. The quantitative estimate of drug-likeness (QED) is 0.394. The second-order valence-electron chi connectivity index (χ2n) is 1.39. The van der Waals surface area contributed by atoms with Gasteiger partial charge in [0.2, 0.25) is 0 Å². The minimum Gasteiger partial charge on any atom is -0.368 e. The Hall–Kier alpha value is -0.655. The number of aromatic amines is 1. The number of nitrogens with one attached hydrogen (secondary N) is 1. The van der Waals surface area contributed by atoms with Gasteiger partial charge < -0.3 is 4.98 Å². The fourth-order valence-corrected chi connectivity index (χ4v) is 0.407. The van der Waals surface area contributed by atoms with Crippen molar-refractivity contribution in [2.75, 3.05) is 0 Å². The van der Waals surface area contributed by atoms with E-state index in [0.717, 1.165) is 0 Å². The molecule has 0 atom stereocenters. The lowest BCUT2D eigenvalue weighted by atomic mass is 10.0. The van der Waals surface area contributed by atoms with Crippen molar-refractivity contribution in [3.8, 4) is 0 Å². The molecule has 1 rings (SSSR count). The van der Waals surface area contributed by atoms with Crippen molar-refractivity contribution in [2.24, 2.45) is 0 Å². The Kier molecular flexibility index (Phi) is 0.711. The maximum absolute atomic E-state index is 2.93. The molecular weight excluding hydrogens is 72.9 g/mol. The highest BCUT2D eigenvalue weighted by molar-refractivity contribution is 6.32. The van der Waals surface area contributed by atoms with E-state index in [1.165, 1.54) is 5.46 Å². The molecule has 0 bridgehead atoms. The van der Waals surface area contributed by atoms with Crippen LogP contribution in [0, 0.1) is 0 Å². The normalized spacial score (nSPS) is 8.67. The van der Waals surface area contributed by atoms with Crippen LogP contribution >= 0.6 is 0 Å². The summed E-state index contributed by atoms with van der Waals surface area (Å²) >= 11 is 0. The van der Waals surface area contributed by atoms with Gasteiger partial charge >= 0.3 is 0 Å². The molecule has 0 aliphatic rings. The van der Waals surface area contributed by atoms with Gasteiger partial charge in [-0.3, -0.25) is 0 Å². The van der Waals surface area contributed by atoms with Crippen molar-refractivity contribution in [1.82, 2.24) is 4.98 Å². The van der Waals surface area contributed by atoms with Crippen LogP contribution < -0.4 is 5.46 Å². The molecular formula is C4H6BN. The standard InChI is InChI=1S/C4H6BN/c5-4-1-2-6-3-4/h1-3,6H,5H2. The summed E-state index contributed by atoms with van der Waals surface area (Å²) in [6.45, 7) is 0. The number of aromatic nitrogens is 1. The number of rotatable bonds is 0. The number of hydrogen-bond donors (Lipinski definition) is 1. The zero-order valence-corrected chi connectivity index (χ0v) is 3.73. The maximum atomic E-state index is 2.93. The average Bonchev–Trinajstić information content (AvgIpc) is 1.86. The summed E-state index contributed by atoms with van der Waals surface area (Å²) in [5, 5.41) is 0. The average molecular weight is 78.9 g/mol. The van der Waals surface area contributed by atoms with Crippen LogP contribution in [-0.4, -0.2) is 12.8 Å². The van der Waals surface area contributed by atoms with Crippen LogP contribution in [0.2, 0.25) is 0 Å². The zero-order chi connectivity index (χ0) is 4.41. The van der Waals surface area contributed by atoms with Crippen LogP contribution in [-0.2, 0) is 0 Å². The first-order chi connectivity index (χ1) is 2.89. The summed E-state index contributed by atoms with van der Waals surface area (Å²) in [6.07, 6.45) is 3.87. The van der Waals surface area contributed by atoms with E-state index in [4.69, 9.17) is 0 Å². The molecule has 0 aliphatic heterocycles. The molecule has 1 aromatic rings. The monoisotopic (exact) mass is 79.1 g/mol. The summed E-state index contributed by atoms with van der Waals surface area (Å²) in [6, 6.07) is 2.03. The highest BCUT2D eigenvalue weighted by Crippen LogP contribution is 1.67. The Labute approximate surface area is 37.8 Å². The van der Waals surface area contributed by atoms with E-state index in [1.54, 1.807) is 0 Å². The molecule has 0 unspecified atom stereocenters. The first-order valence-electron chi connectivity index (χ1n) is 1.99. The largest absolute Gasteiger partial charge is 0.368 e. The van der Waals surface area contributed by atoms with Crippen LogP contribution in [0.3, 0.4) is 0 Å². The van der Waals surface area contributed by atoms with E-state index in [9.17, 15) is 0 Å². The highest BCUT2D eigenvalue weighted by atomic mass is 14.6. The van der Waals surface area contributed by atoms with Crippen LogP contribution in [0.4, 0.5) is 0 Å². The molecule has 0 saturated carbocycles. The molecule has 30 valence electrons. The third-order valence-electron chi connectivity index (χ3n) is 0.753. The lowest BCUT2D eigenvalue weighted by molar-refractivity contribution is 1.42. The molecule has 0 aromatic carbocycles. The van der Waals surface area contributed by atoms with Crippen molar-refractivity contribution >= 4 is 13.3 Å². The highest BCUT2D eigenvalue weighted by Gasteiger charge is 1.73. The smallest absolute Gasteiger partial charge is 0.141 e. The topological polar surface area (TPSA) is 15.8 Å². The Bertz CT molecular complexity index is 111. The van der Waals surface area contributed by atoms with E-state index >= 15 is 0 Å². The minimum atomic E-state index is 1.29. The predicted molar refractivity (Wildman–Crippen MR) is 29.0 cm³/mol. The molecule has 0 aliphatic carbocycles. The lowest BCUT2D eigenvalue weighted by Gasteiger charge is -1.65. The van der Waals surface area contributed by atoms with Crippen LogP contribution in [0.1, 0.15) is 0 Å². The van der Waals surface area contributed by atoms with Gasteiger partial charge in [-0.05, 0) is 12.4 Å². The Balaban J connectivity index is 3.05. The maximum Gasteiger partial charge on any atom is 0.141 e. The summed E-state index contributed by atoms with van der Waals surface area (Å²) < 4.78 is 0. The van der Waals surface area contributed by atoms with Crippen molar-refractivity contribution in [3.63, 3.8) is 0 Å². The van der Waals surface area contributed by atoms with Crippen molar-refractivity contribution in [3.05, 3.63) is 18.5 Å². The van der Waals surface area contributed by atoms with Gasteiger partial charge in [0, 0.05) is 0 Å². The summed E-state index contributed by atoms with van der Waals surface area (Å²) in [5.74, 6) is 0. The first-order valence-corrected chi connectivity index (χ1v) is 1.99. The van der Waals surface area contributed by atoms with Crippen molar-refractivity contribution < 1.29 is 0 Å². The Morgan fingerprint density at radius 3 is 2.67 bits per heavy atom. The van der Waals surface area contributed by atoms with Gasteiger partial charge in [0.1, 0.15) is 7.85 Å². The zero-order valence-electron chi connectivity index (χ0n) is 3.73. The molecule has 0 spiro atoms. The second kappa shape index (κ2) is 1.21. The van der Waals surface area contributed by atoms with E-state index < -0.39 is 0 Å². The van der Waals surface area contributed by atoms with Gasteiger partial charge in [-0.1, -0.05) is 11.5 Å². The van der Waals surface area contributed by atoms with Crippen molar-refractivity contribution in [2.45, 2.75) is 0 Å². The molecule has 0 fully saturated rings. The van der Waals surface area contributed by atoms with Gasteiger partial charge in [-0.25, -0.2) is 0 Å². The van der Waals surface area contributed by atoms with Crippen LogP contribution in [0.25, 0.3) is 0 Å². The summed E-state index contributed by atoms with van der Waals surface area (Å²) in [5.41, 5.74) is 1.29. The molecule has 1 N–H and O–H groups in total. The molecule has 0 amide bonds. The van der Waals surface area contributed by atoms with Crippen LogP contribution in [0.5, 0.6) is 0 Å². The molecule has 1 aromatic heterocycles. The summed E-state index contributed by atoms with van der Waals surface area (Å²) in [7, 11) is 2.05. The fraction of sp³-hybridized carbons (Fsp3) is 0. The Morgan fingerprint density at radius 1 is 1.67 bits per heavy atom. The van der Waals surface area contributed by atoms with Gasteiger partial charge in [-0.2, -0.15) is 0 Å². The molecule has 1 heterocycles.